The normalized spacial score (nSPS) is 15.6. The van der Waals surface area contributed by atoms with Gasteiger partial charge >= 0.3 is 0 Å². The Balaban J connectivity index is 2.24. The Morgan fingerprint density at radius 2 is 2.10 bits per heavy atom. The van der Waals surface area contributed by atoms with Crippen molar-refractivity contribution in [3.8, 4) is 0 Å². The maximum atomic E-state index is 13.5. The standard InChI is InChI=1S/C15H23FN2O2S/c1-3-4-9-18(2)21(19,20)15-10-13(16)6-5-12(15)11-17-14-7-8-14/h5-6,10,14,17H,3-4,7-9,11H2,1-2H3. The van der Waals surface area contributed by atoms with Crippen molar-refractivity contribution in [2.24, 2.45) is 0 Å². The molecule has 1 N–H and O–H groups in total. The predicted octanol–water partition coefficient (Wildman–Crippen LogP) is 2.50. The SMILES string of the molecule is CCCCN(C)S(=O)(=O)c1cc(F)ccc1CNC1CC1. The summed E-state index contributed by atoms with van der Waals surface area (Å²) in [6.45, 7) is 2.92. The molecule has 1 aliphatic rings. The van der Waals surface area contributed by atoms with Crippen LogP contribution >= 0.6 is 0 Å². The number of hydrogen-bond donors (Lipinski definition) is 1. The van der Waals surface area contributed by atoms with Crippen molar-refractivity contribution in [2.45, 2.75) is 50.1 Å². The third-order valence-electron chi connectivity index (χ3n) is 3.70. The first-order chi connectivity index (χ1) is 9.95. The average molecular weight is 314 g/mol. The van der Waals surface area contributed by atoms with Crippen LogP contribution in [0.2, 0.25) is 0 Å². The molecule has 0 aliphatic heterocycles. The molecule has 1 saturated carbocycles. The Hall–Kier alpha value is -0.980. The Labute approximate surface area is 126 Å². The van der Waals surface area contributed by atoms with Crippen molar-refractivity contribution >= 4 is 10.0 Å². The zero-order valence-electron chi connectivity index (χ0n) is 12.6. The summed E-state index contributed by atoms with van der Waals surface area (Å²) in [5, 5.41) is 3.28. The molecule has 0 spiro atoms. The van der Waals surface area contributed by atoms with Gasteiger partial charge < -0.3 is 5.32 Å². The predicted molar refractivity (Wildman–Crippen MR) is 81.0 cm³/mol. The molecule has 1 aliphatic carbocycles. The quantitative estimate of drug-likeness (QED) is 0.802. The highest BCUT2D eigenvalue weighted by atomic mass is 32.2. The van der Waals surface area contributed by atoms with Gasteiger partial charge in [-0.15, -0.1) is 0 Å². The van der Waals surface area contributed by atoms with E-state index < -0.39 is 15.8 Å². The van der Waals surface area contributed by atoms with E-state index in [4.69, 9.17) is 0 Å². The van der Waals surface area contributed by atoms with Crippen LogP contribution < -0.4 is 5.32 Å². The van der Waals surface area contributed by atoms with Crippen molar-refractivity contribution in [3.63, 3.8) is 0 Å². The van der Waals surface area contributed by atoms with E-state index in [9.17, 15) is 12.8 Å². The Kier molecular flexibility index (Phi) is 5.35. The third kappa shape index (κ3) is 4.25. The molecule has 0 saturated heterocycles. The summed E-state index contributed by atoms with van der Waals surface area (Å²) in [6, 6.07) is 4.48. The summed E-state index contributed by atoms with van der Waals surface area (Å²) >= 11 is 0. The number of sulfonamides is 1. The van der Waals surface area contributed by atoms with Crippen LogP contribution in [0.1, 0.15) is 38.2 Å². The molecule has 2 rings (SSSR count). The number of benzene rings is 1. The van der Waals surface area contributed by atoms with Gasteiger partial charge in [0.2, 0.25) is 10.0 Å². The molecular weight excluding hydrogens is 291 g/mol. The lowest BCUT2D eigenvalue weighted by molar-refractivity contribution is 0.457. The fraction of sp³-hybridized carbons (Fsp3) is 0.600. The van der Waals surface area contributed by atoms with Crippen molar-refractivity contribution in [2.75, 3.05) is 13.6 Å². The Morgan fingerprint density at radius 3 is 2.71 bits per heavy atom. The fourth-order valence-electron chi connectivity index (χ4n) is 2.13. The molecular formula is C15H23FN2O2S. The van der Waals surface area contributed by atoms with Gasteiger partial charge in [-0.2, -0.15) is 0 Å². The summed E-state index contributed by atoms with van der Waals surface area (Å²) in [5.41, 5.74) is 0.631. The molecule has 21 heavy (non-hydrogen) atoms. The summed E-state index contributed by atoms with van der Waals surface area (Å²) < 4.78 is 40.0. The van der Waals surface area contributed by atoms with Gasteiger partial charge in [0.25, 0.3) is 0 Å². The molecule has 0 radical (unpaired) electrons. The Bertz CT molecular complexity index is 585. The zero-order valence-corrected chi connectivity index (χ0v) is 13.4. The van der Waals surface area contributed by atoms with Gasteiger partial charge in [-0.25, -0.2) is 17.1 Å². The number of nitrogens with zero attached hydrogens (tertiary/aromatic N) is 1. The molecule has 0 amide bonds. The molecule has 0 bridgehead atoms. The molecule has 0 heterocycles. The highest BCUT2D eigenvalue weighted by Gasteiger charge is 2.26. The minimum atomic E-state index is -3.64. The van der Waals surface area contributed by atoms with E-state index in [1.54, 1.807) is 13.1 Å². The molecule has 0 atom stereocenters. The van der Waals surface area contributed by atoms with E-state index in [0.717, 1.165) is 31.7 Å². The molecule has 118 valence electrons. The van der Waals surface area contributed by atoms with E-state index in [1.807, 2.05) is 6.92 Å². The molecule has 0 aromatic heterocycles. The van der Waals surface area contributed by atoms with Crippen molar-refractivity contribution < 1.29 is 12.8 Å². The first kappa shape index (κ1) is 16.4. The lowest BCUT2D eigenvalue weighted by Crippen LogP contribution is -2.29. The zero-order chi connectivity index (χ0) is 15.5. The average Bonchev–Trinajstić information content (AvgIpc) is 3.27. The first-order valence-electron chi connectivity index (χ1n) is 7.43. The first-order valence-corrected chi connectivity index (χ1v) is 8.87. The van der Waals surface area contributed by atoms with Crippen LogP contribution in [-0.4, -0.2) is 32.4 Å². The van der Waals surface area contributed by atoms with Gasteiger partial charge in [-0.05, 0) is 37.0 Å². The van der Waals surface area contributed by atoms with E-state index >= 15 is 0 Å². The number of halogens is 1. The highest BCUT2D eigenvalue weighted by molar-refractivity contribution is 7.89. The minimum absolute atomic E-state index is 0.0780. The van der Waals surface area contributed by atoms with Gasteiger partial charge in [-0.3, -0.25) is 0 Å². The number of hydrogen-bond acceptors (Lipinski definition) is 3. The van der Waals surface area contributed by atoms with Gasteiger partial charge in [0.05, 0.1) is 4.90 Å². The maximum Gasteiger partial charge on any atom is 0.243 e. The maximum absolute atomic E-state index is 13.5. The number of unbranched alkanes of at least 4 members (excludes halogenated alkanes) is 1. The second kappa shape index (κ2) is 6.85. The molecule has 1 aromatic rings. The number of nitrogens with one attached hydrogen (secondary N) is 1. The third-order valence-corrected chi connectivity index (χ3v) is 5.64. The van der Waals surface area contributed by atoms with Gasteiger partial charge in [0, 0.05) is 26.2 Å². The van der Waals surface area contributed by atoms with Crippen LogP contribution in [0.3, 0.4) is 0 Å². The van der Waals surface area contributed by atoms with Gasteiger partial charge in [0.15, 0.2) is 0 Å². The summed E-state index contributed by atoms with van der Waals surface area (Å²) in [7, 11) is -2.09. The van der Waals surface area contributed by atoms with Gasteiger partial charge in [-0.1, -0.05) is 19.4 Å². The van der Waals surface area contributed by atoms with Crippen LogP contribution in [0.5, 0.6) is 0 Å². The minimum Gasteiger partial charge on any atom is -0.310 e. The largest absolute Gasteiger partial charge is 0.310 e. The van der Waals surface area contributed by atoms with Gasteiger partial charge in [0.1, 0.15) is 5.82 Å². The van der Waals surface area contributed by atoms with Crippen LogP contribution in [0.25, 0.3) is 0 Å². The lowest BCUT2D eigenvalue weighted by atomic mass is 10.2. The number of rotatable bonds is 8. The van der Waals surface area contributed by atoms with E-state index in [-0.39, 0.29) is 4.90 Å². The second-order valence-corrected chi connectivity index (χ2v) is 7.60. The fourth-order valence-corrected chi connectivity index (χ4v) is 3.56. The van der Waals surface area contributed by atoms with Crippen LogP contribution in [-0.2, 0) is 16.6 Å². The monoisotopic (exact) mass is 314 g/mol. The molecule has 0 unspecified atom stereocenters. The molecule has 1 aromatic carbocycles. The molecule has 4 nitrogen and oxygen atoms in total. The van der Waals surface area contributed by atoms with Crippen LogP contribution in [0.4, 0.5) is 4.39 Å². The Morgan fingerprint density at radius 1 is 1.38 bits per heavy atom. The second-order valence-electron chi connectivity index (χ2n) is 5.59. The van der Waals surface area contributed by atoms with Crippen molar-refractivity contribution in [1.29, 1.82) is 0 Å². The topological polar surface area (TPSA) is 49.4 Å². The highest BCUT2D eigenvalue weighted by Crippen LogP contribution is 2.24. The lowest BCUT2D eigenvalue weighted by Gasteiger charge is -2.19. The van der Waals surface area contributed by atoms with E-state index in [0.29, 0.717) is 24.7 Å². The smallest absolute Gasteiger partial charge is 0.243 e. The molecule has 1 fully saturated rings. The van der Waals surface area contributed by atoms with Crippen molar-refractivity contribution in [3.05, 3.63) is 29.6 Å². The van der Waals surface area contributed by atoms with Crippen molar-refractivity contribution in [1.82, 2.24) is 9.62 Å². The van der Waals surface area contributed by atoms with Crippen LogP contribution in [0.15, 0.2) is 23.1 Å². The summed E-state index contributed by atoms with van der Waals surface area (Å²) in [5.74, 6) is -0.521. The van der Waals surface area contributed by atoms with E-state index in [2.05, 4.69) is 5.32 Å². The molecule has 6 heteroatoms. The van der Waals surface area contributed by atoms with E-state index in [1.165, 1.54) is 10.4 Å². The van der Waals surface area contributed by atoms with Crippen LogP contribution in [0, 0.1) is 5.82 Å². The summed E-state index contributed by atoms with van der Waals surface area (Å²) in [4.78, 5) is 0.0780. The summed E-state index contributed by atoms with van der Waals surface area (Å²) in [6.07, 6.45) is 3.96.